The van der Waals surface area contributed by atoms with Gasteiger partial charge in [0.2, 0.25) is 0 Å². The standard InChI is InChI=1S/C30H30ClFN6O3S2/c1-18(2)30-36-27(20-10-13-24(23(32)16-20)37-43(40,41)26-7-5-4-6-22(26)31)28-29(33)35-17-25(38(28)30)19-8-11-21(12-9-19)34-14-15-42(3)39/h4-13,16-18,34,37H,14-15H2,1-3H3,(H2,33,35). The summed E-state index contributed by atoms with van der Waals surface area (Å²) in [6, 6.07) is 17.8. The van der Waals surface area contributed by atoms with Gasteiger partial charge in [0.1, 0.15) is 39.3 Å². The molecule has 0 aliphatic heterocycles. The Labute approximate surface area is 257 Å². The number of halogens is 2. The van der Waals surface area contributed by atoms with Crippen LogP contribution in [0.5, 0.6) is 0 Å². The lowest BCUT2D eigenvalue weighted by Crippen LogP contribution is -2.14. The highest BCUT2D eigenvalue weighted by molar-refractivity contribution is 7.92. The Bertz CT molecular complexity index is 1900. The minimum atomic E-state index is -4.13. The number of aromatic nitrogens is 3. The number of nitrogens with one attached hydrogen (secondary N) is 2. The molecule has 4 N–H and O–H groups in total. The van der Waals surface area contributed by atoms with Gasteiger partial charge in [-0.25, -0.2) is 22.8 Å². The first-order valence-electron chi connectivity index (χ1n) is 13.3. The normalized spacial score (nSPS) is 12.5. The predicted molar refractivity (Wildman–Crippen MR) is 172 cm³/mol. The number of hydrogen-bond donors (Lipinski definition) is 3. The summed E-state index contributed by atoms with van der Waals surface area (Å²) in [6.07, 6.45) is 3.35. The van der Waals surface area contributed by atoms with Gasteiger partial charge in [-0.1, -0.05) is 67.0 Å². The van der Waals surface area contributed by atoms with Crippen LogP contribution in [0.15, 0.2) is 77.8 Å². The van der Waals surface area contributed by atoms with Crippen molar-refractivity contribution < 1.29 is 17.4 Å². The first-order valence-corrected chi connectivity index (χ1v) is 16.9. The summed E-state index contributed by atoms with van der Waals surface area (Å²) in [7, 11) is -4.13. The first-order chi connectivity index (χ1) is 20.5. The van der Waals surface area contributed by atoms with Gasteiger partial charge in [0.15, 0.2) is 0 Å². The van der Waals surface area contributed by atoms with Gasteiger partial charge in [-0.05, 0) is 36.4 Å². The Morgan fingerprint density at radius 2 is 1.79 bits per heavy atom. The van der Waals surface area contributed by atoms with Crippen molar-refractivity contribution >= 4 is 55.5 Å². The van der Waals surface area contributed by atoms with Crippen molar-refractivity contribution in [1.29, 1.82) is 0 Å². The molecule has 43 heavy (non-hydrogen) atoms. The molecular weight excluding hydrogens is 611 g/mol. The molecule has 1 atom stereocenters. The van der Waals surface area contributed by atoms with Gasteiger partial charge in [-0.2, -0.15) is 0 Å². The molecule has 9 nitrogen and oxygen atoms in total. The zero-order chi connectivity index (χ0) is 30.9. The van der Waals surface area contributed by atoms with Gasteiger partial charge >= 0.3 is 0 Å². The minimum Gasteiger partial charge on any atom is -0.617 e. The van der Waals surface area contributed by atoms with Crippen molar-refractivity contribution in [3.63, 3.8) is 0 Å². The van der Waals surface area contributed by atoms with Crippen molar-refractivity contribution in [2.24, 2.45) is 0 Å². The second-order valence-electron chi connectivity index (χ2n) is 10.2. The summed E-state index contributed by atoms with van der Waals surface area (Å²) in [6.45, 7) is 4.59. The van der Waals surface area contributed by atoms with Crippen LogP contribution < -0.4 is 15.8 Å². The van der Waals surface area contributed by atoms with E-state index in [1.807, 2.05) is 42.5 Å². The number of sulfonamides is 1. The molecule has 0 amide bonds. The number of nitrogens with zero attached hydrogens (tertiary/aromatic N) is 3. The SMILES string of the molecule is CC(C)c1nc(-c2ccc(NS(=O)(=O)c3ccccc3Cl)c(F)c2)c2c(N)ncc(-c3ccc(NCC[S+](C)[O-])cc3)n12. The van der Waals surface area contributed by atoms with E-state index < -0.39 is 27.0 Å². The maximum atomic E-state index is 15.4. The van der Waals surface area contributed by atoms with Gasteiger partial charge in [0.25, 0.3) is 10.0 Å². The summed E-state index contributed by atoms with van der Waals surface area (Å²) >= 11 is 5.18. The van der Waals surface area contributed by atoms with Crippen LogP contribution in [0.2, 0.25) is 5.02 Å². The molecule has 0 bridgehead atoms. The third-order valence-electron chi connectivity index (χ3n) is 6.74. The summed E-state index contributed by atoms with van der Waals surface area (Å²) < 4.78 is 56.7. The van der Waals surface area contributed by atoms with Crippen molar-refractivity contribution in [3.8, 4) is 22.5 Å². The van der Waals surface area contributed by atoms with Crippen LogP contribution in [0.1, 0.15) is 25.6 Å². The molecule has 0 aliphatic carbocycles. The Kier molecular flexibility index (Phi) is 8.84. The lowest BCUT2D eigenvalue weighted by molar-refractivity contribution is 0.598. The molecule has 1 unspecified atom stereocenters. The van der Waals surface area contributed by atoms with Crippen LogP contribution in [0.4, 0.5) is 21.6 Å². The van der Waals surface area contributed by atoms with Gasteiger partial charge in [-0.15, -0.1) is 0 Å². The number of nitrogens with two attached hydrogens (primary N) is 1. The molecule has 0 radical (unpaired) electrons. The van der Waals surface area contributed by atoms with E-state index in [-0.39, 0.29) is 27.3 Å². The second-order valence-corrected chi connectivity index (χ2v) is 13.8. The van der Waals surface area contributed by atoms with Crippen LogP contribution >= 0.6 is 11.6 Å². The van der Waals surface area contributed by atoms with Gasteiger partial charge in [0, 0.05) is 22.7 Å². The molecule has 3 aromatic carbocycles. The Morgan fingerprint density at radius 1 is 1.09 bits per heavy atom. The van der Waals surface area contributed by atoms with E-state index >= 15 is 4.39 Å². The van der Waals surface area contributed by atoms with Crippen LogP contribution in [-0.2, 0) is 21.2 Å². The second kappa shape index (κ2) is 12.4. The maximum absolute atomic E-state index is 15.4. The Hall–Kier alpha value is -3.84. The molecular formula is C30H30ClFN6O3S2. The third-order valence-corrected chi connectivity index (χ3v) is 9.39. The Balaban J connectivity index is 1.54. The molecule has 0 spiro atoms. The minimum absolute atomic E-state index is 0.0239. The van der Waals surface area contributed by atoms with Crippen molar-refractivity contribution in [2.45, 2.75) is 24.7 Å². The quantitative estimate of drug-likeness (QED) is 0.156. The molecule has 224 valence electrons. The maximum Gasteiger partial charge on any atom is 0.263 e. The third kappa shape index (κ3) is 6.42. The van der Waals surface area contributed by atoms with Crippen LogP contribution in [0.3, 0.4) is 0 Å². The molecule has 2 heterocycles. The number of anilines is 3. The Morgan fingerprint density at radius 3 is 2.44 bits per heavy atom. The zero-order valence-corrected chi connectivity index (χ0v) is 26.0. The summed E-state index contributed by atoms with van der Waals surface area (Å²) in [4.78, 5) is 9.14. The topological polar surface area (TPSA) is 137 Å². The highest BCUT2D eigenvalue weighted by atomic mass is 35.5. The number of imidazole rings is 1. The van der Waals surface area contributed by atoms with E-state index in [0.29, 0.717) is 34.9 Å². The predicted octanol–water partition coefficient (Wildman–Crippen LogP) is 6.15. The van der Waals surface area contributed by atoms with Crippen molar-refractivity contribution in [2.75, 3.05) is 34.3 Å². The fourth-order valence-electron chi connectivity index (χ4n) is 4.66. The number of hydrogen-bond acceptors (Lipinski definition) is 7. The molecule has 0 saturated heterocycles. The number of fused-ring (bicyclic) bond motifs is 1. The fourth-order valence-corrected chi connectivity index (χ4v) is 6.64. The van der Waals surface area contributed by atoms with E-state index in [1.54, 1.807) is 24.6 Å². The van der Waals surface area contributed by atoms with E-state index in [9.17, 15) is 13.0 Å². The van der Waals surface area contributed by atoms with E-state index in [0.717, 1.165) is 16.9 Å². The number of benzene rings is 3. The van der Waals surface area contributed by atoms with Gasteiger partial charge < -0.3 is 15.6 Å². The zero-order valence-electron chi connectivity index (χ0n) is 23.6. The first kappa shape index (κ1) is 30.6. The van der Waals surface area contributed by atoms with Gasteiger partial charge in [-0.3, -0.25) is 9.12 Å². The average molecular weight is 641 g/mol. The van der Waals surface area contributed by atoms with Crippen molar-refractivity contribution in [1.82, 2.24) is 14.4 Å². The monoisotopic (exact) mass is 640 g/mol. The highest BCUT2D eigenvalue weighted by Gasteiger charge is 2.23. The summed E-state index contributed by atoms with van der Waals surface area (Å²) in [5.74, 6) is 0.648. The molecule has 5 rings (SSSR count). The number of nitrogen functional groups attached to an aromatic ring is 1. The van der Waals surface area contributed by atoms with E-state index in [2.05, 4.69) is 15.0 Å². The summed E-state index contributed by atoms with van der Waals surface area (Å²) in [5, 5.41) is 3.28. The lowest BCUT2D eigenvalue weighted by Gasteiger charge is -2.13. The van der Waals surface area contributed by atoms with Crippen LogP contribution in [0.25, 0.3) is 28.0 Å². The molecule has 2 aromatic heterocycles. The van der Waals surface area contributed by atoms with Crippen LogP contribution in [-0.4, -0.2) is 45.9 Å². The molecule has 5 aromatic rings. The van der Waals surface area contributed by atoms with E-state index in [1.165, 1.54) is 30.3 Å². The molecule has 13 heteroatoms. The number of rotatable bonds is 10. The summed E-state index contributed by atoms with van der Waals surface area (Å²) in [5.41, 5.74) is 9.99. The highest BCUT2D eigenvalue weighted by Crippen LogP contribution is 2.36. The smallest absolute Gasteiger partial charge is 0.263 e. The lowest BCUT2D eigenvalue weighted by atomic mass is 10.1. The largest absolute Gasteiger partial charge is 0.617 e. The molecule has 0 fully saturated rings. The van der Waals surface area contributed by atoms with Crippen molar-refractivity contribution in [3.05, 3.63) is 89.6 Å². The fraction of sp³-hybridized carbons (Fsp3) is 0.200. The average Bonchev–Trinajstić information content (AvgIpc) is 3.37. The van der Waals surface area contributed by atoms with Gasteiger partial charge in [0.05, 0.1) is 35.4 Å². The molecule has 0 aliphatic rings. The van der Waals surface area contributed by atoms with E-state index in [4.69, 9.17) is 22.3 Å². The molecule has 0 saturated carbocycles. The van der Waals surface area contributed by atoms with Crippen LogP contribution in [0, 0.1) is 5.82 Å².